The summed E-state index contributed by atoms with van der Waals surface area (Å²) in [4.78, 5) is 20.7. The minimum absolute atomic E-state index is 0.0790. The molecule has 1 unspecified atom stereocenters. The Bertz CT molecular complexity index is 1110. The molecule has 0 aliphatic rings. The van der Waals surface area contributed by atoms with Crippen LogP contribution in [0.1, 0.15) is 46.7 Å². The molecule has 0 radical (unpaired) electrons. The zero-order chi connectivity index (χ0) is 22.0. The molecule has 0 fully saturated rings. The summed E-state index contributed by atoms with van der Waals surface area (Å²) in [5.41, 5.74) is 0.0603. The number of nitrogens with zero attached hydrogens (tertiary/aromatic N) is 2. The summed E-state index contributed by atoms with van der Waals surface area (Å²) in [6.07, 6.45) is -2.92. The second-order valence-corrected chi connectivity index (χ2v) is 6.60. The second-order valence-electron chi connectivity index (χ2n) is 6.60. The highest BCUT2D eigenvalue weighted by Gasteiger charge is 2.21. The first kappa shape index (κ1) is 21.4. The van der Waals surface area contributed by atoms with Crippen molar-refractivity contribution in [2.45, 2.75) is 26.3 Å². The molecule has 3 aromatic rings. The Hall–Kier alpha value is -3.36. The van der Waals surface area contributed by atoms with Gasteiger partial charge in [0, 0.05) is 10.9 Å². The summed E-state index contributed by atoms with van der Waals surface area (Å²) in [7, 11) is 2.66. The van der Waals surface area contributed by atoms with Crippen LogP contribution in [0.2, 0.25) is 0 Å². The van der Waals surface area contributed by atoms with Crippen molar-refractivity contribution in [2.75, 3.05) is 19.5 Å². The van der Waals surface area contributed by atoms with Crippen LogP contribution in [0.5, 0.6) is 5.75 Å². The number of benzene rings is 2. The van der Waals surface area contributed by atoms with E-state index >= 15 is 0 Å². The number of hydrogen-bond donors (Lipinski definition) is 1. The zero-order valence-corrected chi connectivity index (χ0v) is 16.8. The first-order chi connectivity index (χ1) is 14.3. The van der Waals surface area contributed by atoms with E-state index in [1.54, 1.807) is 19.9 Å². The van der Waals surface area contributed by atoms with E-state index < -0.39 is 29.8 Å². The van der Waals surface area contributed by atoms with E-state index in [1.165, 1.54) is 32.4 Å². The predicted molar refractivity (Wildman–Crippen MR) is 106 cm³/mol. The van der Waals surface area contributed by atoms with Gasteiger partial charge in [0.15, 0.2) is 0 Å². The molecule has 30 heavy (non-hydrogen) atoms. The molecule has 0 saturated heterocycles. The van der Waals surface area contributed by atoms with Crippen molar-refractivity contribution in [1.29, 1.82) is 0 Å². The van der Waals surface area contributed by atoms with Gasteiger partial charge in [-0.2, -0.15) is 0 Å². The van der Waals surface area contributed by atoms with Crippen LogP contribution in [0.25, 0.3) is 10.9 Å². The highest BCUT2D eigenvalue weighted by Crippen LogP contribution is 2.33. The molecule has 1 heterocycles. The average molecular weight is 419 g/mol. The minimum atomic E-state index is -2.92. The first-order valence-electron chi connectivity index (χ1n) is 9.04. The molecule has 1 N–H and O–H groups in total. The second kappa shape index (κ2) is 8.56. The molecule has 2 aromatic carbocycles. The number of methoxy groups -OCH3 is 2. The Morgan fingerprint density at radius 3 is 2.47 bits per heavy atom. The lowest BCUT2D eigenvalue weighted by molar-refractivity contribution is 0.0597. The molecule has 0 aliphatic carbocycles. The maximum absolute atomic E-state index is 14.5. The standard InChI is InChI=1S/C21H20F3N3O3/c1-10(12-6-5-7-13(18(12)22)19(23)24)25-20-14-9-17(29-3)15(21(28)30-4)8-16(14)26-11(2)27-20/h5-10,19H,1-4H3,(H,25,26,27). The van der Waals surface area contributed by atoms with Gasteiger partial charge < -0.3 is 14.8 Å². The molecule has 0 aliphatic heterocycles. The molecule has 0 spiro atoms. The van der Waals surface area contributed by atoms with Gasteiger partial charge in [0.2, 0.25) is 0 Å². The molecule has 1 atom stereocenters. The highest BCUT2D eigenvalue weighted by atomic mass is 19.3. The molecule has 0 amide bonds. The molecular formula is C21H20F3N3O3. The quantitative estimate of drug-likeness (QED) is 0.568. The van der Waals surface area contributed by atoms with Crippen molar-refractivity contribution < 1.29 is 27.4 Å². The van der Waals surface area contributed by atoms with Gasteiger partial charge in [-0.3, -0.25) is 0 Å². The fourth-order valence-electron chi connectivity index (χ4n) is 3.17. The normalized spacial score (nSPS) is 12.1. The van der Waals surface area contributed by atoms with Gasteiger partial charge in [-0.15, -0.1) is 0 Å². The van der Waals surface area contributed by atoms with Crippen molar-refractivity contribution in [3.63, 3.8) is 0 Å². The number of aromatic nitrogens is 2. The third-order valence-corrected chi connectivity index (χ3v) is 4.65. The molecule has 6 nitrogen and oxygen atoms in total. The van der Waals surface area contributed by atoms with Crippen LogP contribution in [-0.4, -0.2) is 30.2 Å². The zero-order valence-electron chi connectivity index (χ0n) is 16.8. The Balaban J connectivity index is 2.08. The number of carbonyl (C=O) groups excluding carboxylic acids is 1. The first-order valence-corrected chi connectivity index (χ1v) is 9.04. The van der Waals surface area contributed by atoms with E-state index in [-0.39, 0.29) is 16.9 Å². The fraction of sp³-hybridized carbons (Fsp3) is 0.286. The van der Waals surface area contributed by atoms with Crippen molar-refractivity contribution in [3.05, 3.63) is 58.7 Å². The maximum atomic E-state index is 14.5. The predicted octanol–water partition coefficient (Wildman–Crippen LogP) is 4.98. The van der Waals surface area contributed by atoms with Crippen molar-refractivity contribution in [2.24, 2.45) is 0 Å². The summed E-state index contributed by atoms with van der Waals surface area (Å²) in [6.45, 7) is 3.30. The smallest absolute Gasteiger partial charge is 0.341 e. The van der Waals surface area contributed by atoms with E-state index in [0.29, 0.717) is 22.5 Å². The Morgan fingerprint density at radius 1 is 1.13 bits per heavy atom. The Morgan fingerprint density at radius 2 is 1.83 bits per heavy atom. The number of nitrogens with one attached hydrogen (secondary N) is 1. The van der Waals surface area contributed by atoms with Crippen LogP contribution < -0.4 is 10.1 Å². The van der Waals surface area contributed by atoms with Gasteiger partial charge >= 0.3 is 5.97 Å². The minimum Gasteiger partial charge on any atom is -0.496 e. The van der Waals surface area contributed by atoms with Gasteiger partial charge in [0.1, 0.15) is 28.8 Å². The van der Waals surface area contributed by atoms with Crippen molar-refractivity contribution in [1.82, 2.24) is 9.97 Å². The number of alkyl halides is 2. The Labute approximate surface area is 171 Å². The lowest BCUT2D eigenvalue weighted by Crippen LogP contribution is -2.13. The van der Waals surface area contributed by atoms with E-state index in [4.69, 9.17) is 9.47 Å². The summed E-state index contributed by atoms with van der Waals surface area (Å²) >= 11 is 0. The largest absolute Gasteiger partial charge is 0.496 e. The molecule has 158 valence electrons. The van der Waals surface area contributed by atoms with Gasteiger partial charge in [0.05, 0.1) is 31.3 Å². The number of halogens is 3. The molecule has 9 heteroatoms. The van der Waals surface area contributed by atoms with Gasteiger partial charge in [-0.1, -0.05) is 18.2 Å². The SMILES string of the molecule is COC(=O)c1cc2nc(C)nc(NC(C)c3cccc(C(F)F)c3F)c2cc1OC. The Kier molecular flexibility index (Phi) is 6.09. The van der Waals surface area contributed by atoms with Crippen molar-refractivity contribution in [3.8, 4) is 5.75 Å². The maximum Gasteiger partial charge on any atom is 0.341 e. The third-order valence-electron chi connectivity index (χ3n) is 4.65. The van der Waals surface area contributed by atoms with Crippen LogP contribution in [0, 0.1) is 12.7 Å². The number of hydrogen-bond acceptors (Lipinski definition) is 6. The van der Waals surface area contributed by atoms with Gasteiger partial charge in [0.25, 0.3) is 6.43 Å². The number of esters is 1. The summed E-state index contributed by atoms with van der Waals surface area (Å²) in [5, 5.41) is 3.57. The summed E-state index contributed by atoms with van der Waals surface area (Å²) in [5.74, 6) is -0.545. The topological polar surface area (TPSA) is 73.3 Å². The van der Waals surface area contributed by atoms with Crippen LogP contribution >= 0.6 is 0 Å². The number of aryl methyl sites for hydroxylation is 1. The fourth-order valence-corrected chi connectivity index (χ4v) is 3.17. The number of anilines is 1. The average Bonchev–Trinajstić information content (AvgIpc) is 2.71. The lowest BCUT2D eigenvalue weighted by Gasteiger charge is -2.19. The molecule has 0 saturated carbocycles. The van der Waals surface area contributed by atoms with Crippen LogP contribution in [-0.2, 0) is 4.74 Å². The van der Waals surface area contributed by atoms with E-state index in [2.05, 4.69) is 15.3 Å². The molecule has 0 bridgehead atoms. The molecule has 1 aromatic heterocycles. The van der Waals surface area contributed by atoms with Gasteiger partial charge in [-0.05, 0) is 26.0 Å². The van der Waals surface area contributed by atoms with E-state index in [1.807, 2.05) is 0 Å². The van der Waals surface area contributed by atoms with Gasteiger partial charge in [-0.25, -0.2) is 27.9 Å². The van der Waals surface area contributed by atoms with Crippen LogP contribution in [0.15, 0.2) is 30.3 Å². The third kappa shape index (κ3) is 4.00. The number of carbonyl (C=O) groups is 1. The number of ether oxygens (including phenoxy) is 2. The monoisotopic (exact) mass is 419 g/mol. The molecule has 3 rings (SSSR count). The molecular weight excluding hydrogens is 399 g/mol. The number of rotatable bonds is 6. The van der Waals surface area contributed by atoms with E-state index in [0.717, 1.165) is 6.07 Å². The summed E-state index contributed by atoms with van der Waals surface area (Å²) in [6, 6.07) is 6.29. The van der Waals surface area contributed by atoms with E-state index in [9.17, 15) is 18.0 Å². The lowest BCUT2D eigenvalue weighted by atomic mass is 10.0. The number of fused-ring (bicyclic) bond motifs is 1. The summed E-state index contributed by atoms with van der Waals surface area (Å²) < 4.78 is 50.7. The van der Waals surface area contributed by atoms with Crippen LogP contribution in [0.4, 0.5) is 19.0 Å². The van der Waals surface area contributed by atoms with Crippen molar-refractivity contribution >= 4 is 22.7 Å². The highest BCUT2D eigenvalue weighted by molar-refractivity contribution is 6.00. The van der Waals surface area contributed by atoms with Crippen LogP contribution in [0.3, 0.4) is 0 Å².